The van der Waals surface area contributed by atoms with Crippen LogP contribution in [0.15, 0.2) is 30.3 Å². The number of nitrogens with zero attached hydrogens (tertiary/aromatic N) is 2. The van der Waals surface area contributed by atoms with Gasteiger partial charge in [-0.05, 0) is 18.4 Å². The van der Waals surface area contributed by atoms with Gasteiger partial charge in [0.15, 0.2) is 0 Å². The fourth-order valence-corrected chi connectivity index (χ4v) is 3.47. The van der Waals surface area contributed by atoms with E-state index in [4.69, 9.17) is 5.11 Å². The first kappa shape index (κ1) is 18.7. The summed E-state index contributed by atoms with van der Waals surface area (Å²) in [5.41, 5.74) is 0.964. The Balaban J connectivity index is 1.65. The number of carboxylic acid groups (broad SMARTS) is 1. The molecule has 3 rings (SSSR count). The Labute approximate surface area is 149 Å². The SMILES string of the molecule is O=C(O)[C@@H]1CN(CC(=O)N(Cc2ccccc2)C2CC2)C[C@H]1C(F)(F)F. The first-order chi connectivity index (χ1) is 12.3. The molecule has 1 aromatic rings. The molecule has 1 aliphatic carbocycles. The van der Waals surface area contributed by atoms with E-state index in [-0.39, 0.29) is 25.0 Å². The van der Waals surface area contributed by atoms with Crippen LogP contribution in [0.3, 0.4) is 0 Å². The van der Waals surface area contributed by atoms with Gasteiger partial charge in [-0.2, -0.15) is 13.2 Å². The topological polar surface area (TPSA) is 60.9 Å². The molecule has 142 valence electrons. The molecular weight excluding hydrogens is 349 g/mol. The third kappa shape index (κ3) is 4.35. The van der Waals surface area contributed by atoms with Crippen molar-refractivity contribution in [1.82, 2.24) is 9.80 Å². The second-order valence-corrected chi connectivity index (χ2v) is 7.03. The zero-order chi connectivity index (χ0) is 18.9. The van der Waals surface area contributed by atoms with Gasteiger partial charge >= 0.3 is 12.1 Å². The summed E-state index contributed by atoms with van der Waals surface area (Å²) in [6, 6.07) is 9.55. The lowest BCUT2D eigenvalue weighted by Crippen LogP contribution is -2.41. The van der Waals surface area contributed by atoms with Gasteiger partial charge in [-0.25, -0.2) is 0 Å². The number of alkyl halides is 3. The van der Waals surface area contributed by atoms with E-state index in [9.17, 15) is 22.8 Å². The maximum absolute atomic E-state index is 13.1. The van der Waals surface area contributed by atoms with Crippen LogP contribution >= 0.6 is 0 Å². The van der Waals surface area contributed by atoms with Crippen LogP contribution in [0.2, 0.25) is 0 Å². The molecule has 0 aromatic heterocycles. The van der Waals surface area contributed by atoms with Gasteiger partial charge in [0.1, 0.15) is 0 Å². The minimum atomic E-state index is -4.58. The highest BCUT2D eigenvalue weighted by molar-refractivity contribution is 5.79. The van der Waals surface area contributed by atoms with Crippen molar-refractivity contribution in [2.24, 2.45) is 11.8 Å². The Morgan fingerprint density at radius 1 is 1.15 bits per heavy atom. The predicted octanol–water partition coefficient (Wildman–Crippen LogP) is 2.37. The molecule has 2 atom stereocenters. The van der Waals surface area contributed by atoms with Crippen molar-refractivity contribution >= 4 is 11.9 Å². The number of carboxylic acids is 1. The number of rotatable bonds is 6. The fraction of sp³-hybridized carbons (Fsp3) is 0.556. The molecule has 0 bridgehead atoms. The van der Waals surface area contributed by atoms with Crippen LogP contribution in [0, 0.1) is 11.8 Å². The molecule has 8 heteroatoms. The van der Waals surface area contributed by atoms with Crippen LogP contribution in [0.4, 0.5) is 13.2 Å². The maximum Gasteiger partial charge on any atom is 0.393 e. The molecule has 2 fully saturated rings. The molecule has 0 unspecified atom stereocenters. The van der Waals surface area contributed by atoms with E-state index >= 15 is 0 Å². The molecule has 5 nitrogen and oxygen atoms in total. The minimum Gasteiger partial charge on any atom is -0.481 e. The van der Waals surface area contributed by atoms with E-state index in [0.717, 1.165) is 18.4 Å². The Kier molecular flexibility index (Phi) is 5.22. The number of aliphatic carboxylic acids is 1. The second-order valence-electron chi connectivity index (χ2n) is 7.03. The lowest BCUT2D eigenvalue weighted by Gasteiger charge is -2.25. The van der Waals surface area contributed by atoms with E-state index in [1.165, 1.54) is 4.90 Å². The van der Waals surface area contributed by atoms with Crippen LogP contribution in [-0.4, -0.2) is 58.6 Å². The van der Waals surface area contributed by atoms with E-state index in [1.807, 2.05) is 30.3 Å². The van der Waals surface area contributed by atoms with Gasteiger partial charge < -0.3 is 10.0 Å². The van der Waals surface area contributed by atoms with E-state index < -0.39 is 30.5 Å². The first-order valence-electron chi connectivity index (χ1n) is 8.61. The molecule has 2 aliphatic rings. The summed E-state index contributed by atoms with van der Waals surface area (Å²) in [6.07, 6.45) is -2.80. The summed E-state index contributed by atoms with van der Waals surface area (Å²) < 4.78 is 39.2. The molecule has 0 radical (unpaired) electrons. The molecule has 1 saturated carbocycles. The van der Waals surface area contributed by atoms with Crippen LogP contribution in [0.5, 0.6) is 0 Å². The van der Waals surface area contributed by atoms with Gasteiger partial charge in [0, 0.05) is 25.7 Å². The summed E-state index contributed by atoms with van der Waals surface area (Å²) in [6.45, 7) is -0.464. The molecule has 1 amide bonds. The number of carbonyl (C=O) groups is 2. The average Bonchev–Trinajstić information content (AvgIpc) is 3.31. The largest absolute Gasteiger partial charge is 0.481 e. The van der Waals surface area contributed by atoms with Gasteiger partial charge in [0.2, 0.25) is 5.91 Å². The lowest BCUT2D eigenvalue weighted by molar-refractivity contribution is -0.188. The summed E-state index contributed by atoms with van der Waals surface area (Å²) in [5, 5.41) is 9.08. The second kappa shape index (κ2) is 7.26. The van der Waals surface area contributed by atoms with Crippen LogP contribution in [0.1, 0.15) is 18.4 Å². The predicted molar refractivity (Wildman–Crippen MR) is 87.1 cm³/mol. The monoisotopic (exact) mass is 370 g/mol. The van der Waals surface area contributed by atoms with Crippen molar-refractivity contribution in [3.05, 3.63) is 35.9 Å². The molecule has 1 heterocycles. The highest BCUT2D eigenvalue weighted by atomic mass is 19.4. The van der Waals surface area contributed by atoms with Crippen molar-refractivity contribution in [1.29, 1.82) is 0 Å². The Hall–Kier alpha value is -2.09. The summed E-state index contributed by atoms with van der Waals surface area (Å²) >= 11 is 0. The standard InChI is InChI=1S/C18H21F3N2O3/c19-18(20,21)15-10-22(9-14(15)17(25)26)11-16(24)23(13-6-7-13)8-12-4-2-1-3-5-12/h1-5,13-15H,6-11H2,(H,25,26)/t14-,15-/m1/s1. The van der Waals surface area contributed by atoms with Gasteiger partial charge in [-0.15, -0.1) is 0 Å². The number of benzene rings is 1. The molecule has 0 spiro atoms. The first-order valence-corrected chi connectivity index (χ1v) is 8.61. The molecule has 1 N–H and O–H groups in total. The van der Waals surface area contributed by atoms with Gasteiger partial charge in [0.25, 0.3) is 0 Å². The molecule has 1 aromatic carbocycles. The molecule has 26 heavy (non-hydrogen) atoms. The smallest absolute Gasteiger partial charge is 0.393 e. The summed E-state index contributed by atoms with van der Waals surface area (Å²) in [7, 11) is 0. The number of hydrogen-bond donors (Lipinski definition) is 1. The number of likely N-dealkylation sites (tertiary alicyclic amines) is 1. The Bertz CT molecular complexity index is 661. The van der Waals surface area contributed by atoms with Crippen molar-refractivity contribution in [2.75, 3.05) is 19.6 Å². The number of halogens is 3. The van der Waals surface area contributed by atoms with Crippen LogP contribution in [0.25, 0.3) is 0 Å². The fourth-order valence-electron chi connectivity index (χ4n) is 3.47. The normalized spacial score (nSPS) is 23.8. The zero-order valence-corrected chi connectivity index (χ0v) is 14.2. The number of hydrogen-bond acceptors (Lipinski definition) is 3. The van der Waals surface area contributed by atoms with Crippen LogP contribution < -0.4 is 0 Å². The van der Waals surface area contributed by atoms with Gasteiger partial charge in [-0.1, -0.05) is 30.3 Å². The maximum atomic E-state index is 13.1. The summed E-state index contributed by atoms with van der Waals surface area (Å²) in [5.74, 6) is -5.17. The zero-order valence-electron chi connectivity index (χ0n) is 14.2. The molecular formula is C18H21F3N2O3. The van der Waals surface area contributed by atoms with Crippen molar-refractivity contribution in [2.45, 2.75) is 31.6 Å². The third-order valence-corrected chi connectivity index (χ3v) is 5.00. The highest BCUT2D eigenvalue weighted by Crippen LogP contribution is 2.38. The van der Waals surface area contributed by atoms with Crippen molar-refractivity contribution in [3.63, 3.8) is 0 Å². The van der Waals surface area contributed by atoms with Crippen molar-refractivity contribution < 1.29 is 27.9 Å². The van der Waals surface area contributed by atoms with Crippen molar-refractivity contribution in [3.8, 4) is 0 Å². The van der Waals surface area contributed by atoms with Crippen LogP contribution in [-0.2, 0) is 16.1 Å². The Morgan fingerprint density at radius 3 is 2.31 bits per heavy atom. The minimum absolute atomic E-state index is 0.124. The Morgan fingerprint density at radius 2 is 1.81 bits per heavy atom. The molecule has 1 aliphatic heterocycles. The van der Waals surface area contributed by atoms with E-state index in [2.05, 4.69) is 0 Å². The lowest BCUT2D eigenvalue weighted by atomic mass is 9.96. The quantitative estimate of drug-likeness (QED) is 0.835. The third-order valence-electron chi connectivity index (χ3n) is 5.00. The average molecular weight is 370 g/mol. The van der Waals surface area contributed by atoms with E-state index in [1.54, 1.807) is 4.90 Å². The van der Waals surface area contributed by atoms with Gasteiger partial charge in [-0.3, -0.25) is 14.5 Å². The highest BCUT2D eigenvalue weighted by Gasteiger charge is 2.52. The molecule has 1 saturated heterocycles. The van der Waals surface area contributed by atoms with Gasteiger partial charge in [0.05, 0.1) is 18.4 Å². The number of amides is 1. The van der Waals surface area contributed by atoms with E-state index in [0.29, 0.717) is 6.54 Å². The number of carbonyl (C=O) groups excluding carboxylic acids is 1. The summed E-state index contributed by atoms with van der Waals surface area (Å²) in [4.78, 5) is 26.9.